The van der Waals surface area contributed by atoms with E-state index in [1.165, 1.54) is 6.33 Å². The molecule has 1 atom stereocenters. The van der Waals surface area contributed by atoms with E-state index in [4.69, 9.17) is 9.47 Å². The number of ether oxygens (including phenoxy) is 2. The molecule has 8 heteroatoms. The van der Waals surface area contributed by atoms with Crippen LogP contribution < -0.4 is 10.6 Å². The summed E-state index contributed by atoms with van der Waals surface area (Å²) in [6, 6.07) is 8.35. The summed E-state index contributed by atoms with van der Waals surface area (Å²) in [5, 5.41) is 5.72. The lowest BCUT2D eigenvalue weighted by Gasteiger charge is -2.25. The number of hydrogen-bond donors (Lipinski definition) is 2. The average Bonchev–Trinajstić information content (AvgIpc) is 2.76. The maximum atomic E-state index is 12.6. The molecule has 0 spiro atoms. The number of aromatic nitrogens is 2. The summed E-state index contributed by atoms with van der Waals surface area (Å²) in [5.74, 6) is 0.0634. The minimum absolute atomic E-state index is 0.0960. The van der Waals surface area contributed by atoms with Crippen LogP contribution in [0, 0.1) is 6.92 Å². The highest BCUT2D eigenvalue weighted by atomic mass is 16.6. The third-order valence-corrected chi connectivity index (χ3v) is 4.18. The molecule has 0 bridgehead atoms. The van der Waals surface area contributed by atoms with Crippen molar-refractivity contribution < 1.29 is 19.1 Å². The van der Waals surface area contributed by atoms with Crippen molar-refractivity contribution >= 4 is 17.9 Å². The molecule has 0 radical (unpaired) electrons. The van der Waals surface area contributed by atoms with Gasteiger partial charge in [0.05, 0.1) is 0 Å². The molecule has 8 nitrogen and oxygen atoms in total. The second kappa shape index (κ2) is 13.3. The molecule has 0 fully saturated rings. The molecule has 2 rings (SSSR count). The fourth-order valence-electron chi connectivity index (χ4n) is 2.75. The lowest BCUT2D eigenvalue weighted by molar-refractivity contribution is -0.156. The largest absolute Gasteiger partial charge is 0.458 e. The summed E-state index contributed by atoms with van der Waals surface area (Å²) in [7, 11) is 0. The van der Waals surface area contributed by atoms with Crippen molar-refractivity contribution in [3.8, 4) is 0 Å². The zero-order valence-electron chi connectivity index (χ0n) is 20.2. The molecule has 176 valence electrons. The molecule has 1 unspecified atom stereocenters. The van der Waals surface area contributed by atoms with Gasteiger partial charge in [-0.05, 0) is 39.7 Å². The standard InChI is InChI=1S/C22H30N4O4.C2H6/c1-6-17-15(2)24-14-25-19(17)23-12-18(20(27)30-22(3,4)5)26-21(28)29-13-16-10-8-7-9-11-16;1-2/h7-11,14,18H,6,12-13H2,1-5H3,(H,26,28)(H,23,24,25);1-2H3. The van der Waals surface area contributed by atoms with Gasteiger partial charge in [0.1, 0.15) is 30.4 Å². The Balaban J connectivity index is 0.00000249. The third kappa shape index (κ3) is 9.32. The molecule has 1 heterocycles. The number of aryl methyl sites for hydroxylation is 1. The van der Waals surface area contributed by atoms with Gasteiger partial charge in [0, 0.05) is 17.8 Å². The van der Waals surface area contributed by atoms with E-state index < -0.39 is 23.7 Å². The minimum Gasteiger partial charge on any atom is -0.458 e. The first-order valence-corrected chi connectivity index (χ1v) is 10.9. The smallest absolute Gasteiger partial charge is 0.408 e. The van der Waals surface area contributed by atoms with Gasteiger partial charge in [-0.25, -0.2) is 19.6 Å². The first-order valence-electron chi connectivity index (χ1n) is 10.9. The Labute approximate surface area is 191 Å². The van der Waals surface area contributed by atoms with E-state index in [1.807, 2.05) is 58.0 Å². The van der Waals surface area contributed by atoms with Crippen LogP contribution in [0.3, 0.4) is 0 Å². The predicted molar refractivity (Wildman–Crippen MR) is 125 cm³/mol. The van der Waals surface area contributed by atoms with E-state index in [0.29, 0.717) is 5.82 Å². The molecule has 0 aliphatic rings. The predicted octanol–water partition coefficient (Wildman–Crippen LogP) is 4.42. The number of nitrogens with zero attached hydrogens (tertiary/aromatic N) is 2. The van der Waals surface area contributed by atoms with Crippen LogP contribution in [0.25, 0.3) is 0 Å². The van der Waals surface area contributed by atoms with Gasteiger partial charge >= 0.3 is 12.1 Å². The number of hydrogen-bond acceptors (Lipinski definition) is 7. The van der Waals surface area contributed by atoms with Crippen LogP contribution in [-0.4, -0.2) is 40.2 Å². The summed E-state index contributed by atoms with van der Waals surface area (Å²) in [4.78, 5) is 33.4. The van der Waals surface area contributed by atoms with Crippen molar-refractivity contribution in [1.29, 1.82) is 0 Å². The van der Waals surface area contributed by atoms with Gasteiger partial charge in [0.15, 0.2) is 0 Å². The average molecular weight is 445 g/mol. The van der Waals surface area contributed by atoms with Crippen LogP contribution in [0.5, 0.6) is 0 Å². The van der Waals surface area contributed by atoms with Gasteiger partial charge < -0.3 is 20.1 Å². The van der Waals surface area contributed by atoms with E-state index in [9.17, 15) is 9.59 Å². The van der Waals surface area contributed by atoms with Gasteiger partial charge in [-0.3, -0.25) is 0 Å². The van der Waals surface area contributed by atoms with E-state index in [2.05, 4.69) is 20.6 Å². The number of amides is 1. The number of carbonyl (C=O) groups is 2. The molecule has 0 aliphatic heterocycles. The number of benzene rings is 1. The molecule has 2 N–H and O–H groups in total. The highest BCUT2D eigenvalue weighted by Gasteiger charge is 2.27. The second-order valence-electron chi connectivity index (χ2n) is 7.81. The first-order chi connectivity index (χ1) is 15.2. The van der Waals surface area contributed by atoms with Crippen molar-refractivity contribution in [2.24, 2.45) is 0 Å². The molecule has 1 aromatic carbocycles. The number of anilines is 1. The Hall–Kier alpha value is -3.16. The van der Waals surface area contributed by atoms with Crippen LogP contribution in [0.2, 0.25) is 0 Å². The summed E-state index contributed by atoms with van der Waals surface area (Å²) < 4.78 is 10.7. The quantitative estimate of drug-likeness (QED) is 0.581. The lowest BCUT2D eigenvalue weighted by Crippen LogP contribution is -2.48. The number of carbonyl (C=O) groups excluding carboxylic acids is 2. The van der Waals surface area contributed by atoms with E-state index in [1.54, 1.807) is 20.8 Å². The minimum atomic E-state index is -0.951. The van der Waals surface area contributed by atoms with Crippen molar-refractivity contribution in [2.75, 3.05) is 11.9 Å². The van der Waals surface area contributed by atoms with Crippen LogP contribution in [0.1, 0.15) is 58.4 Å². The Morgan fingerprint density at radius 2 is 1.75 bits per heavy atom. The molecule has 0 saturated heterocycles. The zero-order chi connectivity index (χ0) is 24.1. The van der Waals surface area contributed by atoms with Crippen molar-refractivity contribution in [3.05, 3.63) is 53.5 Å². The Morgan fingerprint density at radius 3 is 2.34 bits per heavy atom. The fraction of sp³-hybridized carbons (Fsp3) is 0.500. The van der Waals surface area contributed by atoms with Crippen LogP contribution in [0.15, 0.2) is 36.7 Å². The topological polar surface area (TPSA) is 102 Å². The first kappa shape index (κ1) is 26.9. The molecule has 0 aliphatic carbocycles. The molecule has 32 heavy (non-hydrogen) atoms. The normalized spacial score (nSPS) is 11.5. The SMILES string of the molecule is CC.CCc1c(C)ncnc1NCC(NC(=O)OCc1ccccc1)C(=O)OC(C)(C)C. The zero-order valence-corrected chi connectivity index (χ0v) is 20.2. The Morgan fingerprint density at radius 1 is 1.09 bits per heavy atom. The number of rotatable bonds is 8. The van der Waals surface area contributed by atoms with Gasteiger partial charge in [-0.2, -0.15) is 0 Å². The third-order valence-electron chi connectivity index (χ3n) is 4.18. The van der Waals surface area contributed by atoms with Crippen LogP contribution >= 0.6 is 0 Å². The van der Waals surface area contributed by atoms with Gasteiger partial charge in [-0.1, -0.05) is 51.1 Å². The molecule has 1 amide bonds. The Bertz CT molecular complexity index is 851. The van der Waals surface area contributed by atoms with Crippen LogP contribution in [0.4, 0.5) is 10.6 Å². The van der Waals surface area contributed by atoms with Crippen molar-refractivity contribution in [2.45, 2.75) is 73.1 Å². The highest BCUT2D eigenvalue weighted by Crippen LogP contribution is 2.16. The summed E-state index contributed by atoms with van der Waals surface area (Å²) in [5.41, 5.74) is 1.97. The Kier molecular flexibility index (Phi) is 11.2. The maximum absolute atomic E-state index is 12.6. The van der Waals surface area contributed by atoms with Crippen molar-refractivity contribution in [3.63, 3.8) is 0 Å². The maximum Gasteiger partial charge on any atom is 0.408 e. The molecular formula is C24H36N4O4. The van der Waals surface area contributed by atoms with E-state index >= 15 is 0 Å². The highest BCUT2D eigenvalue weighted by molar-refractivity contribution is 5.82. The number of alkyl carbamates (subject to hydrolysis) is 1. The molecule has 1 aromatic heterocycles. The number of nitrogens with one attached hydrogen (secondary N) is 2. The van der Waals surface area contributed by atoms with E-state index in [-0.39, 0.29) is 13.2 Å². The summed E-state index contributed by atoms with van der Waals surface area (Å²) in [6.45, 7) is 13.4. The van der Waals surface area contributed by atoms with Crippen LogP contribution in [-0.2, 0) is 27.3 Å². The monoisotopic (exact) mass is 444 g/mol. The van der Waals surface area contributed by atoms with Gasteiger partial charge in [0.2, 0.25) is 0 Å². The van der Waals surface area contributed by atoms with Gasteiger partial charge in [0.25, 0.3) is 0 Å². The second-order valence-corrected chi connectivity index (χ2v) is 7.81. The number of esters is 1. The molecular weight excluding hydrogens is 408 g/mol. The van der Waals surface area contributed by atoms with Crippen molar-refractivity contribution in [1.82, 2.24) is 15.3 Å². The summed E-state index contributed by atoms with van der Waals surface area (Å²) >= 11 is 0. The summed E-state index contributed by atoms with van der Waals surface area (Å²) in [6.07, 6.45) is 1.49. The molecule has 2 aromatic rings. The lowest BCUT2D eigenvalue weighted by atomic mass is 10.1. The molecule has 0 saturated carbocycles. The van der Waals surface area contributed by atoms with Gasteiger partial charge in [-0.15, -0.1) is 0 Å². The fourth-order valence-corrected chi connectivity index (χ4v) is 2.75. The van der Waals surface area contributed by atoms with E-state index in [0.717, 1.165) is 23.2 Å².